The number of ether oxygens (including phenoxy) is 1. The van der Waals surface area contributed by atoms with Crippen LogP contribution in [0.4, 0.5) is 19.0 Å². The van der Waals surface area contributed by atoms with E-state index in [9.17, 15) is 18.0 Å². The lowest BCUT2D eigenvalue weighted by Gasteiger charge is -2.10. The second-order valence-electron chi connectivity index (χ2n) is 7.45. The fraction of sp³-hybridized carbons (Fsp3) is 0.174. The average Bonchev–Trinajstić information content (AvgIpc) is 3.39. The first kappa shape index (κ1) is 23.4. The van der Waals surface area contributed by atoms with Crippen LogP contribution in [0, 0.1) is 6.92 Å². The number of amides is 1. The van der Waals surface area contributed by atoms with Gasteiger partial charge in [0.2, 0.25) is 0 Å². The van der Waals surface area contributed by atoms with Gasteiger partial charge in [-0.3, -0.25) is 9.48 Å². The lowest BCUT2D eigenvalue weighted by molar-refractivity contribution is -0.137. The predicted molar refractivity (Wildman–Crippen MR) is 120 cm³/mol. The van der Waals surface area contributed by atoms with E-state index in [4.69, 9.17) is 16.3 Å². The number of hydrogen-bond donors (Lipinski definition) is 1. The summed E-state index contributed by atoms with van der Waals surface area (Å²) in [6.07, 6.45) is -2.97. The first-order chi connectivity index (χ1) is 16.2. The molecule has 4 rings (SSSR count). The van der Waals surface area contributed by atoms with Crippen LogP contribution in [0.5, 0.6) is 5.75 Å². The highest BCUT2D eigenvalue weighted by atomic mass is 35.5. The Bertz CT molecular complexity index is 1320. The molecule has 0 aliphatic rings. The molecule has 2 aromatic heterocycles. The molecule has 11 heteroatoms. The molecular weight excluding hydrogens is 471 g/mol. The van der Waals surface area contributed by atoms with Crippen molar-refractivity contribution in [2.45, 2.75) is 26.4 Å². The molecule has 0 radical (unpaired) electrons. The van der Waals surface area contributed by atoms with Gasteiger partial charge in [0, 0.05) is 23.0 Å². The molecule has 34 heavy (non-hydrogen) atoms. The number of hydrogen-bond acceptors (Lipinski definition) is 4. The maximum atomic E-state index is 12.8. The summed E-state index contributed by atoms with van der Waals surface area (Å²) >= 11 is 6.03. The van der Waals surface area contributed by atoms with E-state index >= 15 is 0 Å². The number of nitrogens with one attached hydrogen (secondary N) is 1. The molecule has 2 heterocycles. The zero-order chi connectivity index (χ0) is 24.3. The molecule has 0 bridgehead atoms. The van der Waals surface area contributed by atoms with Crippen LogP contribution in [0.2, 0.25) is 5.02 Å². The van der Waals surface area contributed by atoms with Gasteiger partial charge in [-0.1, -0.05) is 29.8 Å². The Hall–Kier alpha value is -3.79. The van der Waals surface area contributed by atoms with Crippen molar-refractivity contribution in [2.75, 3.05) is 5.32 Å². The quantitative estimate of drug-likeness (QED) is 0.377. The Morgan fingerprint density at radius 3 is 2.65 bits per heavy atom. The number of carbonyl (C=O) groups excluding carboxylic acids is 1. The summed E-state index contributed by atoms with van der Waals surface area (Å²) in [7, 11) is 0. The molecule has 0 spiro atoms. The van der Waals surface area contributed by atoms with Crippen molar-refractivity contribution in [3.63, 3.8) is 0 Å². The SMILES string of the molecule is Cc1cc(NC(=O)c2ccn(COc3cccc(C(F)(F)F)c3)n2)nn1Cc1cccc(Cl)c1. The molecule has 7 nitrogen and oxygen atoms in total. The van der Waals surface area contributed by atoms with Gasteiger partial charge in [0.25, 0.3) is 5.91 Å². The number of nitrogens with zero attached hydrogens (tertiary/aromatic N) is 4. The molecule has 0 unspecified atom stereocenters. The van der Waals surface area contributed by atoms with Gasteiger partial charge in [-0.25, -0.2) is 4.68 Å². The highest BCUT2D eigenvalue weighted by Crippen LogP contribution is 2.31. The Kier molecular flexibility index (Phi) is 6.60. The van der Waals surface area contributed by atoms with Crippen LogP contribution in [0.1, 0.15) is 27.3 Å². The number of aryl methyl sites for hydroxylation is 1. The Morgan fingerprint density at radius 1 is 1.09 bits per heavy atom. The molecule has 0 saturated heterocycles. The number of rotatable bonds is 7. The molecule has 0 atom stereocenters. The molecule has 0 saturated carbocycles. The van der Waals surface area contributed by atoms with E-state index in [0.29, 0.717) is 17.4 Å². The second kappa shape index (κ2) is 9.60. The van der Waals surface area contributed by atoms with Gasteiger partial charge in [0.1, 0.15) is 5.75 Å². The summed E-state index contributed by atoms with van der Waals surface area (Å²) in [5.41, 5.74) is 1.11. The third kappa shape index (κ3) is 5.76. The van der Waals surface area contributed by atoms with Crippen LogP contribution >= 0.6 is 11.6 Å². The predicted octanol–water partition coefficient (Wildman–Crippen LogP) is 5.40. The third-order valence-electron chi connectivity index (χ3n) is 4.84. The first-order valence-corrected chi connectivity index (χ1v) is 10.5. The summed E-state index contributed by atoms with van der Waals surface area (Å²) in [5, 5.41) is 11.8. The van der Waals surface area contributed by atoms with Crippen LogP contribution in [0.15, 0.2) is 66.9 Å². The smallest absolute Gasteiger partial charge is 0.416 e. The van der Waals surface area contributed by atoms with Crippen LogP contribution in [0.25, 0.3) is 0 Å². The van der Waals surface area contributed by atoms with Gasteiger partial charge in [0.15, 0.2) is 18.2 Å². The van der Waals surface area contributed by atoms with E-state index in [1.54, 1.807) is 16.8 Å². The highest BCUT2D eigenvalue weighted by Gasteiger charge is 2.30. The summed E-state index contributed by atoms with van der Waals surface area (Å²) in [4.78, 5) is 12.6. The Morgan fingerprint density at radius 2 is 1.88 bits per heavy atom. The maximum absolute atomic E-state index is 12.8. The summed E-state index contributed by atoms with van der Waals surface area (Å²) in [6.45, 7) is 2.19. The van der Waals surface area contributed by atoms with Crippen molar-refractivity contribution in [3.05, 3.63) is 94.4 Å². The topological polar surface area (TPSA) is 74.0 Å². The van der Waals surface area contributed by atoms with Crippen LogP contribution in [-0.2, 0) is 19.5 Å². The Labute approximate surface area is 197 Å². The molecular formula is C23H19ClF3N5O2. The van der Waals surface area contributed by atoms with Gasteiger partial charge in [-0.05, 0) is 48.9 Å². The number of anilines is 1. The van der Waals surface area contributed by atoms with Crippen LogP contribution < -0.4 is 10.1 Å². The average molecular weight is 490 g/mol. The zero-order valence-corrected chi connectivity index (χ0v) is 18.6. The molecule has 176 valence electrons. The summed E-state index contributed by atoms with van der Waals surface area (Å²) in [6, 6.07) is 15.1. The van der Waals surface area contributed by atoms with Crippen molar-refractivity contribution in [2.24, 2.45) is 0 Å². The largest absolute Gasteiger partial charge is 0.471 e. The van der Waals surface area contributed by atoms with Crippen molar-refractivity contribution in [1.82, 2.24) is 19.6 Å². The fourth-order valence-electron chi connectivity index (χ4n) is 3.18. The van der Waals surface area contributed by atoms with Gasteiger partial charge < -0.3 is 10.1 Å². The normalized spacial score (nSPS) is 11.4. The maximum Gasteiger partial charge on any atom is 0.416 e. The zero-order valence-electron chi connectivity index (χ0n) is 17.9. The van der Waals surface area contributed by atoms with Gasteiger partial charge in [0.05, 0.1) is 12.1 Å². The van der Waals surface area contributed by atoms with E-state index < -0.39 is 17.6 Å². The molecule has 1 amide bonds. The minimum atomic E-state index is -4.46. The second-order valence-corrected chi connectivity index (χ2v) is 7.89. The van der Waals surface area contributed by atoms with Crippen molar-refractivity contribution in [3.8, 4) is 5.75 Å². The first-order valence-electron chi connectivity index (χ1n) is 10.1. The van der Waals surface area contributed by atoms with Crippen molar-refractivity contribution < 1.29 is 22.7 Å². The number of alkyl halides is 3. The van der Waals surface area contributed by atoms with Gasteiger partial charge in [-0.15, -0.1) is 0 Å². The molecule has 1 N–H and O–H groups in total. The highest BCUT2D eigenvalue weighted by molar-refractivity contribution is 6.30. The van der Waals surface area contributed by atoms with E-state index in [0.717, 1.165) is 23.4 Å². The van der Waals surface area contributed by atoms with E-state index in [-0.39, 0.29) is 18.2 Å². The molecule has 0 fully saturated rings. The van der Waals surface area contributed by atoms with Crippen LogP contribution in [-0.4, -0.2) is 25.5 Å². The number of halogens is 4. The minimum Gasteiger partial charge on any atom is -0.471 e. The van der Waals surface area contributed by atoms with E-state index in [1.807, 2.05) is 25.1 Å². The lowest BCUT2D eigenvalue weighted by atomic mass is 10.2. The van der Waals surface area contributed by atoms with E-state index in [1.165, 1.54) is 29.1 Å². The van der Waals surface area contributed by atoms with Crippen LogP contribution in [0.3, 0.4) is 0 Å². The molecule has 0 aliphatic heterocycles. The minimum absolute atomic E-state index is 0.0389. The fourth-order valence-corrected chi connectivity index (χ4v) is 3.39. The standard InChI is InChI=1S/C23H19ClF3N5O2/c1-15-10-21(30-32(15)13-16-4-2-6-18(24)11-16)28-22(33)20-8-9-31(29-20)14-34-19-7-3-5-17(12-19)23(25,26)27/h2-12H,13-14H2,1H3,(H,28,30,33). The number of benzene rings is 2. The monoisotopic (exact) mass is 489 g/mol. The molecule has 4 aromatic rings. The van der Waals surface area contributed by atoms with Crippen molar-refractivity contribution in [1.29, 1.82) is 0 Å². The number of carbonyl (C=O) groups is 1. The third-order valence-corrected chi connectivity index (χ3v) is 5.08. The lowest BCUT2D eigenvalue weighted by Crippen LogP contribution is -2.15. The van der Waals surface area contributed by atoms with Crippen molar-refractivity contribution >= 4 is 23.3 Å². The molecule has 0 aliphatic carbocycles. The van der Waals surface area contributed by atoms with Gasteiger partial charge >= 0.3 is 6.18 Å². The summed E-state index contributed by atoms with van der Waals surface area (Å²) < 4.78 is 46.9. The summed E-state index contributed by atoms with van der Waals surface area (Å²) in [5.74, 6) is -0.0819. The molecule has 2 aromatic carbocycles. The van der Waals surface area contributed by atoms with E-state index in [2.05, 4.69) is 15.5 Å². The van der Waals surface area contributed by atoms with Gasteiger partial charge in [-0.2, -0.15) is 23.4 Å². The number of aromatic nitrogens is 4. The Balaban J connectivity index is 1.37.